The van der Waals surface area contributed by atoms with E-state index in [0.29, 0.717) is 6.42 Å². The van der Waals surface area contributed by atoms with Gasteiger partial charge in [0.15, 0.2) is 0 Å². The first-order valence-corrected chi connectivity index (χ1v) is 6.96. The van der Waals surface area contributed by atoms with Gasteiger partial charge >= 0.3 is 0 Å². The van der Waals surface area contributed by atoms with E-state index in [0.717, 1.165) is 25.9 Å². The lowest BCUT2D eigenvalue weighted by Crippen LogP contribution is -2.49. The second-order valence-corrected chi connectivity index (χ2v) is 6.72. The van der Waals surface area contributed by atoms with E-state index in [4.69, 9.17) is 0 Å². The van der Waals surface area contributed by atoms with Gasteiger partial charge in [0.05, 0.1) is 10.1 Å². The summed E-state index contributed by atoms with van der Waals surface area (Å²) in [7, 11) is 4.00. The summed E-state index contributed by atoms with van der Waals surface area (Å²) in [4.78, 5) is 27.4. The van der Waals surface area contributed by atoms with Gasteiger partial charge in [-0.3, -0.25) is 9.59 Å². The van der Waals surface area contributed by atoms with Crippen LogP contribution in [0.25, 0.3) is 0 Å². The van der Waals surface area contributed by atoms with Gasteiger partial charge in [0.2, 0.25) is 5.91 Å². The Morgan fingerprint density at radius 2 is 2.00 bits per heavy atom. The van der Waals surface area contributed by atoms with Crippen molar-refractivity contribution in [2.24, 2.45) is 0 Å². The molecule has 5 heteroatoms. The highest BCUT2D eigenvalue weighted by Gasteiger charge is 2.50. The number of hydrogen-bond donors (Lipinski definition) is 0. The SMILES string of the molecule is CC(=O)CC1SC2(CCN(C)CC2)N(C)C1=O. The number of Topliss-reactive ketones (excluding diaryl/α,β-unsaturated/α-hetero) is 1. The van der Waals surface area contributed by atoms with Gasteiger partial charge in [-0.05, 0) is 26.8 Å². The lowest BCUT2D eigenvalue weighted by Gasteiger charge is -2.41. The van der Waals surface area contributed by atoms with Crippen molar-refractivity contribution in [3.63, 3.8) is 0 Å². The summed E-state index contributed by atoms with van der Waals surface area (Å²) in [5.41, 5.74) is 0. The normalized spacial score (nSPS) is 29.0. The molecule has 0 radical (unpaired) electrons. The molecule has 0 saturated carbocycles. The van der Waals surface area contributed by atoms with Gasteiger partial charge in [-0.1, -0.05) is 0 Å². The Balaban J connectivity index is 2.10. The van der Waals surface area contributed by atoms with E-state index in [1.54, 1.807) is 18.7 Å². The Kier molecular flexibility index (Phi) is 3.50. The van der Waals surface area contributed by atoms with Crippen molar-refractivity contribution >= 4 is 23.5 Å². The van der Waals surface area contributed by atoms with Crippen molar-refractivity contribution in [2.45, 2.75) is 36.3 Å². The van der Waals surface area contributed by atoms with E-state index < -0.39 is 0 Å². The van der Waals surface area contributed by atoms with Crippen LogP contribution in [0.4, 0.5) is 0 Å². The molecule has 0 aromatic carbocycles. The van der Waals surface area contributed by atoms with Gasteiger partial charge in [0, 0.05) is 26.6 Å². The Morgan fingerprint density at radius 1 is 1.41 bits per heavy atom. The Hall–Kier alpha value is -0.550. The third-order valence-electron chi connectivity index (χ3n) is 3.82. The van der Waals surface area contributed by atoms with E-state index in [1.807, 2.05) is 11.9 Å². The summed E-state index contributed by atoms with van der Waals surface area (Å²) in [6, 6.07) is 0. The van der Waals surface area contributed by atoms with Gasteiger partial charge in [-0.15, -0.1) is 11.8 Å². The molecule has 0 bridgehead atoms. The number of nitrogens with zero attached hydrogens (tertiary/aromatic N) is 2. The minimum Gasteiger partial charge on any atom is -0.330 e. The molecule has 2 rings (SSSR count). The van der Waals surface area contributed by atoms with E-state index in [-0.39, 0.29) is 21.8 Å². The number of likely N-dealkylation sites (tertiary alicyclic amines) is 1. The van der Waals surface area contributed by atoms with E-state index >= 15 is 0 Å². The minimum absolute atomic E-state index is 0.0519. The van der Waals surface area contributed by atoms with Gasteiger partial charge < -0.3 is 9.80 Å². The number of thioether (sulfide) groups is 1. The molecule has 2 heterocycles. The molecule has 96 valence electrons. The molecule has 4 nitrogen and oxygen atoms in total. The fraction of sp³-hybridized carbons (Fsp3) is 0.833. The molecular formula is C12H20N2O2S. The topological polar surface area (TPSA) is 40.6 Å². The number of carbonyl (C=O) groups excluding carboxylic acids is 2. The maximum Gasteiger partial charge on any atom is 0.237 e. The van der Waals surface area contributed by atoms with Crippen LogP contribution in [0.15, 0.2) is 0 Å². The Morgan fingerprint density at radius 3 is 2.53 bits per heavy atom. The number of carbonyl (C=O) groups is 2. The van der Waals surface area contributed by atoms with Crippen LogP contribution in [0.2, 0.25) is 0 Å². The maximum atomic E-state index is 12.1. The molecular weight excluding hydrogens is 236 g/mol. The van der Waals surface area contributed by atoms with E-state index in [1.165, 1.54) is 0 Å². The molecule has 0 aromatic heterocycles. The van der Waals surface area contributed by atoms with Crippen LogP contribution in [0.1, 0.15) is 26.2 Å². The molecule has 2 saturated heterocycles. The minimum atomic E-state index is -0.152. The summed E-state index contributed by atoms with van der Waals surface area (Å²) in [5.74, 6) is 0.240. The molecule has 0 aromatic rings. The average Bonchev–Trinajstić information content (AvgIpc) is 2.49. The van der Waals surface area contributed by atoms with Crippen molar-refractivity contribution in [3.05, 3.63) is 0 Å². The molecule has 0 aliphatic carbocycles. The summed E-state index contributed by atoms with van der Waals surface area (Å²) in [5, 5.41) is -0.152. The molecule has 2 aliphatic rings. The summed E-state index contributed by atoms with van der Waals surface area (Å²) < 4.78 is 0. The highest BCUT2D eigenvalue weighted by molar-refractivity contribution is 8.02. The number of amides is 1. The average molecular weight is 256 g/mol. The number of rotatable bonds is 2. The molecule has 1 atom stereocenters. The molecule has 2 fully saturated rings. The second-order valence-electron chi connectivity index (χ2n) is 5.16. The number of ketones is 1. The standard InChI is InChI=1S/C12H20N2O2S/c1-9(15)8-10-11(16)14(3)12(17-10)4-6-13(2)7-5-12/h10H,4-8H2,1-3H3. The van der Waals surface area contributed by atoms with Crippen molar-refractivity contribution in [1.29, 1.82) is 0 Å². The molecule has 0 N–H and O–H groups in total. The van der Waals surface area contributed by atoms with Crippen LogP contribution in [0.5, 0.6) is 0 Å². The van der Waals surface area contributed by atoms with Crippen LogP contribution in [-0.2, 0) is 9.59 Å². The van der Waals surface area contributed by atoms with Crippen molar-refractivity contribution in [2.75, 3.05) is 27.2 Å². The summed E-state index contributed by atoms with van der Waals surface area (Å²) in [6.07, 6.45) is 2.39. The molecule has 1 spiro atoms. The third kappa shape index (κ3) is 2.36. The molecule has 1 unspecified atom stereocenters. The monoisotopic (exact) mass is 256 g/mol. The van der Waals surface area contributed by atoms with Crippen molar-refractivity contribution in [3.8, 4) is 0 Å². The lowest BCUT2D eigenvalue weighted by molar-refractivity contribution is -0.132. The zero-order valence-electron chi connectivity index (χ0n) is 10.7. The van der Waals surface area contributed by atoms with Crippen LogP contribution in [0, 0.1) is 0 Å². The first-order valence-electron chi connectivity index (χ1n) is 6.08. The van der Waals surface area contributed by atoms with Gasteiger partial charge in [0.1, 0.15) is 5.78 Å². The van der Waals surface area contributed by atoms with Crippen molar-refractivity contribution in [1.82, 2.24) is 9.80 Å². The maximum absolute atomic E-state index is 12.1. The largest absolute Gasteiger partial charge is 0.330 e. The lowest BCUT2D eigenvalue weighted by atomic mass is 10.0. The first-order chi connectivity index (χ1) is 7.94. The van der Waals surface area contributed by atoms with Gasteiger partial charge in [-0.25, -0.2) is 0 Å². The Labute approximate surface area is 107 Å². The zero-order valence-corrected chi connectivity index (χ0v) is 11.5. The molecule has 2 aliphatic heterocycles. The molecule has 1 amide bonds. The van der Waals surface area contributed by atoms with Gasteiger partial charge in [0.25, 0.3) is 0 Å². The highest BCUT2D eigenvalue weighted by Crippen LogP contribution is 2.47. The van der Waals surface area contributed by atoms with E-state index in [9.17, 15) is 9.59 Å². The van der Waals surface area contributed by atoms with Crippen LogP contribution in [-0.4, -0.2) is 58.8 Å². The zero-order chi connectivity index (χ0) is 12.6. The third-order valence-corrected chi connectivity index (χ3v) is 5.59. The Bertz CT molecular complexity index is 337. The highest BCUT2D eigenvalue weighted by atomic mass is 32.2. The summed E-state index contributed by atoms with van der Waals surface area (Å²) >= 11 is 1.71. The van der Waals surface area contributed by atoms with E-state index in [2.05, 4.69) is 11.9 Å². The molecule has 17 heavy (non-hydrogen) atoms. The fourth-order valence-corrected chi connectivity index (χ4v) is 4.40. The number of piperidine rings is 1. The first kappa shape index (κ1) is 12.9. The smallest absolute Gasteiger partial charge is 0.237 e. The summed E-state index contributed by atoms with van der Waals surface area (Å²) in [6.45, 7) is 3.61. The van der Waals surface area contributed by atoms with Crippen molar-refractivity contribution < 1.29 is 9.59 Å². The van der Waals surface area contributed by atoms with Crippen LogP contribution < -0.4 is 0 Å². The van der Waals surface area contributed by atoms with Crippen LogP contribution in [0.3, 0.4) is 0 Å². The van der Waals surface area contributed by atoms with Gasteiger partial charge in [-0.2, -0.15) is 0 Å². The van der Waals surface area contributed by atoms with Crippen LogP contribution >= 0.6 is 11.8 Å². The second kappa shape index (κ2) is 4.61. The predicted octanol–water partition coefficient (Wildman–Crippen LogP) is 0.961. The number of hydrogen-bond acceptors (Lipinski definition) is 4. The predicted molar refractivity (Wildman–Crippen MR) is 68.9 cm³/mol. The quantitative estimate of drug-likeness (QED) is 0.738. The fourth-order valence-electron chi connectivity index (χ4n) is 2.62.